The topological polar surface area (TPSA) is 63.6 Å². The van der Waals surface area contributed by atoms with Gasteiger partial charge in [0.05, 0.1) is 11.3 Å². The summed E-state index contributed by atoms with van der Waals surface area (Å²) >= 11 is 3.45. The van der Waals surface area contributed by atoms with Gasteiger partial charge in [-0.15, -0.1) is 0 Å². The minimum Gasteiger partial charge on any atom is -0.481 e. The first kappa shape index (κ1) is 23.5. The third kappa shape index (κ3) is 8.41. The maximum absolute atomic E-state index is 12.7. The van der Waals surface area contributed by atoms with E-state index in [1.165, 1.54) is 25.7 Å². The maximum atomic E-state index is 12.7. The van der Waals surface area contributed by atoms with Gasteiger partial charge in [0.25, 0.3) is 0 Å². The van der Waals surface area contributed by atoms with Crippen LogP contribution in [0, 0.1) is 11.3 Å². The Morgan fingerprint density at radius 1 is 1.04 bits per heavy atom. The normalized spacial score (nSPS) is 17.8. The monoisotopic (exact) mass is 432 g/mol. The second-order valence-corrected chi connectivity index (χ2v) is 9.62. The molecular weight excluding hydrogens is 396 g/mol. The molecule has 1 rings (SSSR count). The number of carbonyl (C=O) groups excluding carboxylic acids is 1. The largest absolute Gasteiger partial charge is 0.481 e. The number of aliphatic carboxylic acids is 1. The maximum Gasteiger partial charge on any atom is 0.309 e. The smallest absolute Gasteiger partial charge is 0.309 e. The molecule has 1 N–H and O–H groups in total. The number of ether oxygens (including phenoxy) is 1. The fraction of sp³-hybridized carbons (Fsp3) is 0.905. The molecule has 0 saturated heterocycles. The summed E-state index contributed by atoms with van der Waals surface area (Å²) in [6.07, 6.45) is 11.4. The van der Waals surface area contributed by atoms with E-state index in [2.05, 4.69) is 15.9 Å². The van der Waals surface area contributed by atoms with Crippen LogP contribution in [0.15, 0.2) is 0 Å². The lowest BCUT2D eigenvalue weighted by Crippen LogP contribution is -2.35. The number of alkyl halides is 1. The lowest BCUT2D eigenvalue weighted by molar-refractivity contribution is -0.163. The van der Waals surface area contributed by atoms with Crippen molar-refractivity contribution in [2.45, 2.75) is 103 Å². The Kier molecular flexibility index (Phi) is 10.2. The number of hydrogen-bond donors (Lipinski definition) is 1. The highest BCUT2D eigenvalue weighted by atomic mass is 79.9. The highest BCUT2D eigenvalue weighted by Crippen LogP contribution is 2.44. The van der Waals surface area contributed by atoms with Gasteiger partial charge in [0.2, 0.25) is 0 Å². The van der Waals surface area contributed by atoms with Crippen molar-refractivity contribution in [3.63, 3.8) is 0 Å². The molecule has 0 aromatic heterocycles. The van der Waals surface area contributed by atoms with Gasteiger partial charge in [-0.3, -0.25) is 9.59 Å². The second-order valence-electron chi connectivity index (χ2n) is 8.83. The van der Waals surface area contributed by atoms with Crippen LogP contribution in [0.25, 0.3) is 0 Å². The Hall–Kier alpha value is -0.580. The molecule has 26 heavy (non-hydrogen) atoms. The molecule has 1 aliphatic rings. The van der Waals surface area contributed by atoms with Crippen molar-refractivity contribution in [1.82, 2.24) is 0 Å². The summed E-state index contributed by atoms with van der Waals surface area (Å²) in [4.78, 5) is 24.6. The van der Waals surface area contributed by atoms with E-state index in [0.717, 1.165) is 37.4 Å². The summed E-state index contributed by atoms with van der Waals surface area (Å²) in [6.45, 7) is 5.61. The molecule has 0 spiro atoms. The average Bonchev–Trinajstić information content (AvgIpc) is 3.01. The van der Waals surface area contributed by atoms with E-state index in [4.69, 9.17) is 4.74 Å². The van der Waals surface area contributed by atoms with Crippen LogP contribution in [0.2, 0.25) is 0 Å². The fourth-order valence-electron chi connectivity index (χ4n) is 3.91. The van der Waals surface area contributed by atoms with Crippen molar-refractivity contribution in [3.05, 3.63) is 0 Å². The van der Waals surface area contributed by atoms with Crippen LogP contribution in [0.4, 0.5) is 0 Å². The van der Waals surface area contributed by atoms with Crippen LogP contribution in [-0.2, 0) is 14.3 Å². The molecule has 1 unspecified atom stereocenters. The van der Waals surface area contributed by atoms with Gasteiger partial charge >= 0.3 is 11.9 Å². The minimum absolute atomic E-state index is 0.218. The molecular formula is C21H37BrO4. The zero-order valence-corrected chi connectivity index (χ0v) is 18.4. The fourth-order valence-corrected chi connectivity index (χ4v) is 4.31. The molecule has 0 bridgehead atoms. The number of carboxylic acids is 1. The van der Waals surface area contributed by atoms with E-state index in [0.29, 0.717) is 19.3 Å². The zero-order chi connectivity index (χ0) is 19.6. The zero-order valence-electron chi connectivity index (χ0n) is 16.8. The summed E-state index contributed by atoms with van der Waals surface area (Å²) in [6, 6.07) is 0. The number of carbonyl (C=O) groups is 2. The second kappa shape index (κ2) is 11.3. The van der Waals surface area contributed by atoms with Crippen molar-refractivity contribution in [2.75, 3.05) is 5.33 Å². The molecule has 0 aliphatic heterocycles. The minimum atomic E-state index is -0.738. The van der Waals surface area contributed by atoms with E-state index in [-0.39, 0.29) is 11.9 Å². The molecule has 152 valence electrons. The lowest BCUT2D eigenvalue weighted by atomic mass is 9.76. The molecule has 1 fully saturated rings. The predicted molar refractivity (Wildman–Crippen MR) is 109 cm³/mol. The predicted octanol–water partition coefficient (Wildman–Crippen LogP) is 6.11. The Balaban J connectivity index is 2.61. The van der Waals surface area contributed by atoms with Gasteiger partial charge in [0.15, 0.2) is 0 Å². The van der Waals surface area contributed by atoms with Crippen LogP contribution in [0.3, 0.4) is 0 Å². The molecule has 1 atom stereocenters. The Bertz CT molecular complexity index is 436. The Morgan fingerprint density at radius 3 is 2.08 bits per heavy atom. The number of rotatable bonds is 12. The van der Waals surface area contributed by atoms with Gasteiger partial charge < -0.3 is 9.84 Å². The Labute approximate surface area is 167 Å². The third-order valence-corrected chi connectivity index (χ3v) is 5.89. The molecule has 0 radical (unpaired) electrons. The molecule has 0 amide bonds. The summed E-state index contributed by atoms with van der Waals surface area (Å²) in [5, 5.41) is 10.8. The third-order valence-electron chi connectivity index (χ3n) is 5.33. The SMILES string of the molecule is CC(C)(C)OC(=O)C(CCCCCCCCBr)CC1(C(=O)O)CCCC1. The van der Waals surface area contributed by atoms with Gasteiger partial charge in [0, 0.05) is 5.33 Å². The first-order chi connectivity index (χ1) is 12.2. The van der Waals surface area contributed by atoms with Gasteiger partial charge in [-0.05, 0) is 52.9 Å². The van der Waals surface area contributed by atoms with Crippen LogP contribution >= 0.6 is 15.9 Å². The molecule has 1 saturated carbocycles. The molecule has 4 nitrogen and oxygen atoms in total. The first-order valence-electron chi connectivity index (χ1n) is 10.2. The number of esters is 1. The summed E-state index contributed by atoms with van der Waals surface area (Å²) in [5.41, 5.74) is -1.26. The van der Waals surface area contributed by atoms with Gasteiger partial charge in [-0.2, -0.15) is 0 Å². The van der Waals surface area contributed by atoms with E-state index in [1.54, 1.807) is 0 Å². The number of hydrogen-bond acceptors (Lipinski definition) is 3. The van der Waals surface area contributed by atoms with E-state index in [1.807, 2.05) is 20.8 Å². The van der Waals surface area contributed by atoms with Gasteiger partial charge in [0.1, 0.15) is 5.60 Å². The lowest BCUT2D eigenvalue weighted by Gasteiger charge is -2.30. The molecule has 0 heterocycles. The van der Waals surface area contributed by atoms with E-state index >= 15 is 0 Å². The number of unbranched alkanes of at least 4 members (excludes halogenated alkanes) is 5. The van der Waals surface area contributed by atoms with Crippen LogP contribution in [0.1, 0.15) is 97.8 Å². The number of halogens is 1. The van der Waals surface area contributed by atoms with E-state index < -0.39 is 17.0 Å². The molecule has 1 aliphatic carbocycles. The van der Waals surface area contributed by atoms with E-state index in [9.17, 15) is 14.7 Å². The quantitative estimate of drug-likeness (QED) is 0.229. The average molecular weight is 433 g/mol. The summed E-state index contributed by atoms with van der Waals surface area (Å²) < 4.78 is 5.61. The summed E-state index contributed by atoms with van der Waals surface area (Å²) in [7, 11) is 0. The van der Waals surface area contributed by atoms with Crippen molar-refractivity contribution in [3.8, 4) is 0 Å². The number of carboxylic acid groups (broad SMARTS) is 1. The van der Waals surface area contributed by atoms with Crippen molar-refractivity contribution >= 4 is 27.9 Å². The highest BCUT2D eigenvalue weighted by Gasteiger charge is 2.44. The van der Waals surface area contributed by atoms with Crippen molar-refractivity contribution in [1.29, 1.82) is 0 Å². The highest BCUT2D eigenvalue weighted by molar-refractivity contribution is 9.09. The van der Waals surface area contributed by atoms with Gasteiger partial charge in [-0.25, -0.2) is 0 Å². The van der Waals surface area contributed by atoms with Gasteiger partial charge in [-0.1, -0.05) is 60.9 Å². The van der Waals surface area contributed by atoms with Crippen molar-refractivity contribution in [2.24, 2.45) is 11.3 Å². The van der Waals surface area contributed by atoms with Crippen LogP contribution < -0.4 is 0 Å². The Morgan fingerprint density at radius 2 is 1.58 bits per heavy atom. The van der Waals surface area contributed by atoms with Crippen molar-refractivity contribution < 1.29 is 19.4 Å². The standard InChI is InChI=1S/C21H37BrO4/c1-20(2,3)26-18(23)17(12-8-6-4-5-7-11-15-22)16-21(19(24)25)13-9-10-14-21/h17H,4-16H2,1-3H3,(H,24,25). The molecule has 5 heteroatoms. The summed E-state index contributed by atoms with van der Waals surface area (Å²) in [5.74, 6) is -1.26. The van der Waals surface area contributed by atoms with Crippen LogP contribution in [-0.4, -0.2) is 28.0 Å². The molecule has 0 aromatic rings. The molecule has 0 aromatic carbocycles. The first-order valence-corrected chi connectivity index (χ1v) is 11.3. The van der Waals surface area contributed by atoms with Crippen LogP contribution in [0.5, 0.6) is 0 Å².